The second-order valence-electron chi connectivity index (χ2n) is 5.79. The highest BCUT2D eigenvalue weighted by Gasteiger charge is 2.14. The van der Waals surface area contributed by atoms with Crippen LogP contribution in [0.3, 0.4) is 0 Å². The average molecular weight is 331 g/mol. The summed E-state index contributed by atoms with van der Waals surface area (Å²) in [6.45, 7) is 0.717. The van der Waals surface area contributed by atoms with E-state index in [1.807, 2.05) is 24.4 Å². The molecular weight excluding hydrogens is 318 g/mol. The van der Waals surface area contributed by atoms with Crippen molar-refractivity contribution < 1.29 is 5.11 Å². The molecule has 3 aromatic heterocycles. The van der Waals surface area contributed by atoms with Crippen LogP contribution >= 0.6 is 11.5 Å². The largest absolute Gasteiger partial charge is 0.506 e. The van der Waals surface area contributed by atoms with E-state index < -0.39 is 0 Å². The Hall–Kier alpha value is -2.92. The third-order valence-electron chi connectivity index (χ3n) is 4.45. The number of phenolic OH excluding ortho intramolecular Hbond substituents is 1. The van der Waals surface area contributed by atoms with E-state index in [-0.39, 0.29) is 5.75 Å². The maximum atomic E-state index is 10.1. The summed E-state index contributed by atoms with van der Waals surface area (Å²) < 4.78 is 6.65. The van der Waals surface area contributed by atoms with Gasteiger partial charge in [0.25, 0.3) is 0 Å². The van der Waals surface area contributed by atoms with E-state index in [1.165, 1.54) is 32.7 Å². The van der Waals surface area contributed by atoms with Gasteiger partial charge in [0.05, 0.1) is 11.7 Å². The lowest BCUT2D eigenvalue weighted by molar-refractivity contribution is 0.480. The summed E-state index contributed by atoms with van der Waals surface area (Å²) in [5, 5.41) is 13.5. The number of hydrogen-bond donors (Lipinski definition) is 1. The van der Waals surface area contributed by atoms with E-state index in [4.69, 9.17) is 0 Å². The standard InChI is InChI=1S/C19H13N3OS/c23-17-8-7-12(13-5-3-9-20-18(13)17)11-22-16-6-2-1-4-14(16)15-10-21-24-19(15)22/h1-10,23H,11H2. The fraction of sp³-hybridized carbons (Fsp3) is 0.0526. The molecule has 0 spiro atoms. The molecule has 0 radical (unpaired) electrons. The van der Waals surface area contributed by atoms with E-state index in [0.29, 0.717) is 12.1 Å². The van der Waals surface area contributed by atoms with Crippen molar-refractivity contribution >= 4 is 43.6 Å². The third kappa shape index (κ3) is 1.85. The predicted molar refractivity (Wildman–Crippen MR) is 97.6 cm³/mol. The number of nitrogens with zero attached hydrogens (tertiary/aromatic N) is 3. The maximum absolute atomic E-state index is 10.1. The van der Waals surface area contributed by atoms with Crippen molar-refractivity contribution in [1.82, 2.24) is 13.9 Å². The number of fused-ring (bicyclic) bond motifs is 4. The van der Waals surface area contributed by atoms with E-state index >= 15 is 0 Å². The van der Waals surface area contributed by atoms with Crippen LogP contribution in [0.5, 0.6) is 5.75 Å². The number of para-hydroxylation sites is 1. The topological polar surface area (TPSA) is 50.9 Å². The zero-order valence-corrected chi connectivity index (χ0v) is 13.5. The van der Waals surface area contributed by atoms with Crippen molar-refractivity contribution in [2.24, 2.45) is 0 Å². The minimum Gasteiger partial charge on any atom is -0.506 e. The lowest BCUT2D eigenvalue weighted by Crippen LogP contribution is -1.99. The van der Waals surface area contributed by atoms with Crippen LogP contribution in [0.2, 0.25) is 0 Å². The Kier molecular flexibility index (Phi) is 2.84. The molecule has 4 nitrogen and oxygen atoms in total. The van der Waals surface area contributed by atoms with Crippen LogP contribution in [0.25, 0.3) is 32.0 Å². The van der Waals surface area contributed by atoms with Crippen molar-refractivity contribution in [3.63, 3.8) is 0 Å². The molecule has 0 saturated heterocycles. The van der Waals surface area contributed by atoms with Gasteiger partial charge in [-0.3, -0.25) is 4.98 Å². The molecule has 116 valence electrons. The average Bonchev–Trinajstić information content (AvgIpc) is 3.20. The Bertz CT molecular complexity index is 1210. The molecule has 0 aliphatic rings. The summed E-state index contributed by atoms with van der Waals surface area (Å²) in [6, 6.07) is 16.0. The van der Waals surface area contributed by atoms with Crippen molar-refractivity contribution in [3.8, 4) is 5.75 Å². The molecule has 5 aromatic rings. The Labute approximate surface area is 141 Å². The van der Waals surface area contributed by atoms with Gasteiger partial charge in [0, 0.05) is 28.9 Å². The Morgan fingerprint density at radius 1 is 0.958 bits per heavy atom. The normalized spacial score (nSPS) is 11.7. The molecule has 2 aromatic carbocycles. The van der Waals surface area contributed by atoms with Crippen LogP contribution in [-0.2, 0) is 6.54 Å². The Balaban J connectivity index is 1.78. The van der Waals surface area contributed by atoms with E-state index in [1.54, 1.807) is 12.3 Å². The van der Waals surface area contributed by atoms with Crippen molar-refractivity contribution in [3.05, 3.63) is 66.5 Å². The molecule has 0 bridgehead atoms. The summed E-state index contributed by atoms with van der Waals surface area (Å²) in [4.78, 5) is 5.48. The molecule has 5 heteroatoms. The van der Waals surface area contributed by atoms with Gasteiger partial charge in [-0.15, -0.1) is 0 Å². The monoisotopic (exact) mass is 331 g/mol. The van der Waals surface area contributed by atoms with Crippen LogP contribution in [0.4, 0.5) is 0 Å². The zero-order chi connectivity index (χ0) is 16.1. The zero-order valence-electron chi connectivity index (χ0n) is 12.7. The molecule has 0 atom stereocenters. The van der Waals surface area contributed by atoms with Crippen molar-refractivity contribution in [2.75, 3.05) is 0 Å². The van der Waals surface area contributed by atoms with Gasteiger partial charge in [-0.25, -0.2) is 0 Å². The summed E-state index contributed by atoms with van der Waals surface area (Å²) in [5.74, 6) is 0.217. The summed E-state index contributed by atoms with van der Waals surface area (Å²) >= 11 is 1.52. The molecule has 0 aliphatic carbocycles. The first-order valence-corrected chi connectivity index (χ1v) is 8.47. The quantitative estimate of drug-likeness (QED) is 0.516. The van der Waals surface area contributed by atoms with Gasteiger partial charge in [-0.2, -0.15) is 4.37 Å². The van der Waals surface area contributed by atoms with Crippen LogP contribution in [-0.4, -0.2) is 19.0 Å². The first-order chi connectivity index (χ1) is 11.8. The number of hydrogen-bond acceptors (Lipinski definition) is 4. The van der Waals surface area contributed by atoms with Crippen LogP contribution < -0.4 is 0 Å². The highest BCUT2D eigenvalue weighted by Crippen LogP contribution is 2.33. The number of aromatic nitrogens is 3. The highest BCUT2D eigenvalue weighted by atomic mass is 32.1. The molecule has 3 heterocycles. The van der Waals surface area contributed by atoms with Crippen LogP contribution in [0.1, 0.15) is 5.56 Å². The van der Waals surface area contributed by atoms with E-state index in [0.717, 1.165) is 10.9 Å². The predicted octanol–water partition coefficient (Wildman–Crippen LogP) is 4.55. The van der Waals surface area contributed by atoms with E-state index in [2.05, 4.69) is 38.2 Å². The van der Waals surface area contributed by atoms with Gasteiger partial charge < -0.3 is 9.67 Å². The van der Waals surface area contributed by atoms with E-state index in [9.17, 15) is 5.11 Å². The molecule has 0 aliphatic heterocycles. The minimum atomic E-state index is 0.217. The van der Waals surface area contributed by atoms with Crippen LogP contribution in [0, 0.1) is 0 Å². The number of aromatic hydroxyl groups is 1. The van der Waals surface area contributed by atoms with Gasteiger partial charge in [0.1, 0.15) is 16.1 Å². The smallest absolute Gasteiger partial charge is 0.141 e. The Morgan fingerprint density at radius 3 is 2.79 bits per heavy atom. The lowest BCUT2D eigenvalue weighted by Gasteiger charge is -2.10. The first kappa shape index (κ1) is 13.5. The number of rotatable bonds is 2. The number of benzene rings is 2. The first-order valence-electron chi connectivity index (χ1n) is 7.70. The third-order valence-corrected chi connectivity index (χ3v) is 5.27. The van der Waals surface area contributed by atoms with Gasteiger partial charge in [0.15, 0.2) is 0 Å². The summed E-state index contributed by atoms with van der Waals surface area (Å²) in [5.41, 5.74) is 2.98. The lowest BCUT2D eigenvalue weighted by atomic mass is 10.1. The number of phenols is 1. The summed E-state index contributed by atoms with van der Waals surface area (Å²) in [7, 11) is 0. The minimum absolute atomic E-state index is 0.217. The maximum Gasteiger partial charge on any atom is 0.141 e. The molecule has 5 rings (SSSR count). The second-order valence-corrected chi connectivity index (χ2v) is 6.57. The molecule has 1 N–H and O–H groups in total. The fourth-order valence-corrected chi connectivity index (χ4v) is 4.12. The van der Waals surface area contributed by atoms with Gasteiger partial charge in [-0.1, -0.05) is 30.3 Å². The molecular formula is C19H13N3OS. The van der Waals surface area contributed by atoms with Gasteiger partial charge in [-0.05, 0) is 35.3 Å². The second kappa shape index (κ2) is 5.04. The highest BCUT2D eigenvalue weighted by molar-refractivity contribution is 7.13. The van der Waals surface area contributed by atoms with Crippen molar-refractivity contribution in [2.45, 2.75) is 6.54 Å². The molecule has 24 heavy (non-hydrogen) atoms. The molecule has 0 unspecified atom stereocenters. The molecule has 0 amide bonds. The molecule has 0 fully saturated rings. The van der Waals surface area contributed by atoms with Crippen LogP contribution in [0.15, 0.2) is 60.9 Å². The Morgan fingerprint density at radius 2 is 1.83 bits per heavy atom. The van der Waals surface area contributed by atoms with Gasteiger partial charge in [0.2, 0.25) is 0 Å². The van der Waals surface area contributed by atoms with Gasteiger partial charge >= 0.3 is 0 Å². The fourth-order valence-electron chi connectivity index (χ4n) is 3.34. The molecule has 0 saturated carbocycles. The summed E-state index contributed by atoms with van der Waals surface area (Å²) in [6.07, 6.45) is 3.65. The number of pyridine rings is 1. The SMILES string of the molecule is Oc1ccc(Cn2c3ccccc3c3cnsc32)c2cccnc12. The van der Waals surface area contributed by atoms with Crippen molar-refractivity contribution in [1.29, 1.82) is 0 Å².